The zero-order chi connectivity index (χ0) is 12.5. The molecule has 1 heterocycles. The molecule has 0 aromatic heterocycles. The van der Waals surface area contributed by atoms with Crippen LogP contribution in [0.1, 0.15) is 46.5 Å². The molecule has 0 spiro atoms. The third-order valence-corrected chi connectivity index (χ3v) is 3.13. The van der Waals surface area contributed by atoms with Crippen LogP contribution < -0.4 is 0 Å². The fourth-order valence-corrected chi connectivity index (χ4v) is 2.23. The van der Waals surface area contributed by atoms with Gasteiger partial charge in [-0.15, -0.1) is 0 Å². The summed E-state index contributed by atoms with van der Waals surface area (Å²) in [6, 6.07) is 0.721. The average molecular weight is 241 g/mol. The Morgan fingerprint density at radius 3 is 2.12 bits per heavy atom. The Balaban J connectivity index is 1.98. The Labute approximate surface area is 103 Å². The number of rotatable bonds is 2. The Bertz CT molecular complexity index is 275. The Morgan fingerprint density at radius 1 is 1.12 bits per heavy atom. The highest BCUT2D eigenvalue weighted by molar-refractivity contribution is 5.69. The minimum Gasteiger partial charge on any atom is -0.444 e. The smallest absolute Gasteiger partial charge is 0.410 e. The van der Waals surface area contributed by atoms with Crippen LogP contribution in [0, 0.1) is 0 Å². The number of hydrogen-bond acceptors (Lipinski definition) is 3. The summed E-state index contributed by atoms with van der Waals surface area (Å²) in [5.41, 5.74) is -0.407. The molecule has 1 aliphatic carbocycles. The summed E-state index contributed by atoms with van der Waals surface area (Å²) < 4.78 is 10.9. The van der Waals surface area contributed by atoms with Gasteiger partial charge in [0.25, 0.3) is 0 Å². The molecule has 0 N–H and O–H groups in total. The molecule has 4 nitrogen and oxygen atoms in total. The minimum atomic E-state index is -0.407. The summed E-state index contributed by atoms with van der Waals surface area (Å²) in [7, 11) is 0. The summed E-state index contributed by atoms with van der Waals surface area (Å²) in [5.74, 6) is 0. The first-order valence-corrected chi connectivity index (χ1v) is 6.56. The summed E-state index contributed by atoms with van der Waals surface area (Å²) in [5, 5.41) is 0. The zero-order valence-corrected chi connectivity index (χ0v) is 11.1. The van der Waals surface area contributed by atoms with E-state index in [1.165, 1.54) is 0 Å². The molecule has 1 aliphatic heterocycles. The Hall–Kier alpha value is -0.770. The second-order valence-electron chi connectivity index (χ2n) is 5.96. The van der Waals surface area contributed by atoms with Crippen molar-refractivity contribution in [2.24, 2.45) is 0 Å². The first-order valence-electron chi connectivity index (χ1n) is 6.56. The number of ether oxygens (including phenoxy) is 2. The van der Waals surface area contributed by atoms with E-state index in [0.29, 0.717) is 12.1 Å². The molecular formula is C13H23NO3. The van der Waals surface area contributed by atoms with Crippen molar-refractivity contribution in [3.8, 4) is 0 Å². The van der Waals surface area contributed by atoms with Crippen LogP contribution in [0.4, 0.5) is 4.79 Å². The molecule has 2 aliphatic rings. The Morgan fingerprint density at radius 2 is 1.65 bits per heavy atom. The van der Waals surface area contributed by atoms with E-state index in [2.05, 4.69) is 0 Å². The van der Waals surface area contributed by atoms with Gasteiger partial charge in [-0.3, -0.25) is 0 Å². The number of nitrogens with zero attached hydrogens (tertiary/aromatic N) is 1. The lowest BCUT2D eigenvalue weighted by molar-refractivity contribution is -0.00803. The lowest BCUT2D eigenvalue weighted by Gasteiger charge is -2.35. The highest BCUT2D eigenvalue weighted by Gasteiger charge is 2.40. The maximum atomic E-state index is 12.2. The molecule has 0 bridgehead atoms. The van der Waals surface area contributed by atoms with Crippen molar-refractivity contribution in [1.29, 1.82) is 0 Å². The van der Waals surface area contributed by atoms with Gasteiger partial charge in [0.2, 0.25) is 0 Å². The largest absolute Gasteiger partial charge is 0.444 e. The van der Waals surface area contributed by atoms with E-state index in [1.807, 2.05) is 25.7 Å². The number of amides is 1. The maximum Gasteiger partial charge on any atom is 0.410 e. The summed E-state index contributed by atoms with van der Waals surface area (Å²) in [4.78, 5) is 14.2. The van der Waals surface area contributed by atoms with Crippen molar-refractivity contribution < 1.29 is 14.3 Å². The zero-order valence-electron chi connectivity index (χ0n) is 11.1. The molecule has 2 fully saturated rings. The molecule has 98 valence electrons. The molecule has 2 rings (SSSR count). The first-order chi connectivity index (χ1) is 7.97. The van der Waals surface area contributed by atoms with Crippen molar-refractivity contribution in [3.05, 3.63) is 0 Å². The number of hydrogen-bond donors (Lipinski definition) is 0. The van der Waals surface area contributed by atoms with Crippen LogP contribution in [-0.4, -0.2) is 41.9 Å². The van der Waals surface area contributed by atoms with E-state index in [-0.39, 0.29) is 6.09 Å². The van der Waals surface area contributed by atoms with Crippen LogP contribution >= 0.6 is 0 Å². The second-order valence-corrected chi connectivity index (χ2v) is 5.96. The van der Waals surface area contributed by atoms with Gasteiger partial charge in [-0.1, -0.05) is 0 Å². The molecule has 0 radical (unpaired) electrons. The molecule has 17 heavy (non-hydrogen) atoms. The molecule has 0 unspecified atom stereocenters. The minimum absolute atomic E-state index is 0.146. The van der Waals surface area contributed by atoms with Crippen LogP contribution in [0.15, 0.2) is 0 Å². The van der Waals surface area contributed by atoms with Gasteiger partial charge < -0.3 is 14.4 Å². The molecule has 0 aromatic carbocycles. The molecule has 0 aromatic rings. The van der Waals surface area contributed by atoms with Gasteiger partial charge in [0, 0.05) is 25.3 Å². The molecule has 0 atom stereocenters. The van der Waals surface area contributed by atoms with Crippen LogP contribution in [0.2, 0.25) is 0 Å². The molecule has 1 saturated carbocycles. The summed E-state index contributed by atoms with van der Waals surface area (Å²) in [6.07, 6.45) is 3.98. The van der Waals surface area contributed by atoms with E-state index in [9.17, 15) is 4.79 Å². The van der Waals surface area contributed by atoms with Crippen LogP contribution in [0.5, 0.6) is 0 Å². The molecule has 1 saturated heterocycles. The quantitative estimate of drug-likeness (QED) is 0.746. The number of carbonyl (C=O) groups is 1. The lowest BCUT2D eigenvalue weighted by atomic mass is 10.1. The van der Waals surface area contributed by atoms with Crippen molar-refractivity contribution in [1.82, 2.24) is 4.90 Å². The fraction of sp³-hybridized carbons (Fsp3) is 0.923. The standard InChI is InChI=1S/C13H23NO3/c1-13(2,3)17-12(15)14(10-4-5-10)11-6-8-16-9-7-11/h10-11H,4-9H2,1-3H3. The monoisotopic (exact) mass is 241 g/mol. The molecular weight excluding hydrogens is 218 g/mol. The van der Waals surface area contributed by atoms with Crippen molar-refractivity contribution in [2.45, 2.75) is 64.1 Å². The predicted molar refractivity (Wildman–Crippen MR) is 64.9 cm³/mol. The van der Waals surface area contributed by atoms with Gasteiger partial charge in [-0.25, -0.2) is 4.79 Å². The van der Waals surface area contributed by atoms with Gasteiger partial charge in [-0.2, -0.15) is 0 Å². The molecule has 1 amide bonds. The van der Waals surface area contributed by atoms with Gasteiger partial charge in [0.15, 0.2) is 0 Å². The fourth-order valence-electron chi connectivity index (χ4n) is 2.23. The van der Waals surface area contributed by atoms with E-state index in [4.69, 9.17) is 9.47 Å². The first kappa shape index (κ1) is 12.7. The van der Waals surface area contributed by atoms with Gasteiger partial charge in [0.05, 0.1) is 0 Å². The van der Waals surface area contributed by atoms with Crippen LogP contribution in [-0.2, 0) is 9.47 Å². The summed E-state index contributed by atoms with van der Waals surface area (Å²) >= 11 is 0. The maximum absolute atomic E-state index is 12.2. The predicted octanol–water partition coefficient (Wildman–Crippen LogP) is 2.56. The van der Waals surface area contributed by atoms with Crippen molar-refractivity contribution >= 4 is 6.09 Å². The third-order valence-electron chi connectivity index (χ3n) is 3.13. The van der Waals surface area contributed by atoms with Gasteiger partial charge in [0.1, 0.15) is 5.60 Å². The lowest BCUT2D eigenvalue weighted by Crippen LogP contribution is -2.47. The highest BCUT2D eigenvalue weighted by atomic mass is 16.6. The van der Waals surface area contributed by atoms with Crippen LogP contribution in [0.25, 0.3) is 0 Å². The van der Waals surface area contributed by atoms with Gasteiger partial charge in [-0.05, 0) is 46.5 Å². The van der Waals surface area contributed by atoms with Crippen molar-refractivity contribution in [2.75, 3.05) is 13.2 Å². The summed E-state index contributed by atoms with van der Waals surface area (Å²) in [6.45, 7) is 7.27. The Kier molecular flexibility index (Phi) is 3.61. The van der Waals surface area contributed by atoms with Crippen molar-refractivity contribution in [3.63, 3.8) is 0 Å². The van der Waals surface area contributed by atoms with E-state index in [1.54, 1.807) is 0 Å². The van der Waals surface area contributed by atoms with E-state index >= 15 is 0 Å². The molecule has 4 heteroatoms. The second kappa shape index (κ2) is 4.84. The van der Waals surface area contributed by atoms with Crippen LogP contribution in [0.3, 0.4) is 0 Å². The highest BCUT2D eigenvalue weighted by Crippen LogP contribution is 2.32. The third kappa shape index (κ3) is 3.60. The normalized spacial score (nSPS) is 22.3. The van der Waals surface area contributed by atoms with E-state index in [0.717, 1.165) is 38.9 Å². The SMILES string of the molecule is CC(C)(C)OC(=O)N(C1CCOCC1)C1CC1. The van der Waals surface area contributed by atoms with E-state index < -0.39 is 5.60 Å². The van der Waals surface area contributed by atoms with Gasteiger partial charge >= 0.3 is 6.09 Å². The topological polar surface area (TPSA) is 38.8 Å². The number of carbonyl (C=O) groups excluding carboxylic acids is 1. The average Bonchev–Trinajstić information content (AvgIpc) is 3.01.